The minimum absolute atomic E-state index is 0.215. The maximum Gasteiger partial charge on any atom is 0.234 e. The van der Waals surface area contributed by atoms with Crippen LogP contribution in [0.15, 0.2) is 12.1 Å². The van der Waals surface area contributed by atoms with Crippen LogP contribution >= 0.6 is 0 Å². The van der Waals surface area contributed by atoms with Gasteiger partial charge in [-0.3, -0.25) is 9.69 Å². The molecule has 0 radical (unpaired) electrons. The molecule has 0 unspecified atom stereocenters. The normalized spacial score (nSPS) is 20.1. The number of aliphatic hydroxyl groups is 1. The fourth-order valence-corrected chi connectivity index (χ4v) is 3.02. The third-order valence-electron chi connectivity index (χ3n) is 4.43. The van der Waals surface area contributed by atoms with Crippen molar-refractivity contribution in [2.24, 2.45) is 5.73 Å². The number of carbonyl (C=O) groups excluding carboxylic acids is 1. The highest BCUT2D eigenvalue weighted by Crippen LogP contribution is 2.26. The number of amides is 1. The van der Waals surface area contributed by atoms with Gasteiger partial charge in [0.05, 0.1) is 6.04 Å². The van der Waals surface area contributed by atoms with Crippen molar-refractivity contribution in [3.63, 3.8) is 0 Å². The van der Waals surface area contributed by atoms with Crippen LogP contribution in [0.1, 0.15) is 29.5 Å². The van der Waals surface area contributed by atoms with Crippen molar-refractivity contribution in [1.29, 1.82) is 0 Å². The molecule has 5 heteroatoms. The molecule has 2 rings (SSSR count). The van der Waals surface area contributed by atoms with E-state index < -0.39 is 6.10 Å². The number of nitrogens with zero attached hydrogens (tertiary/aromatic N) is 1. The van der Waals surface area contributed by atoms with E-state index in [1.165, 1.54) is 5.56 Å². The first kappa shape index (κ1) is 16.8. The second-order valence-electron chi connectivity index (χ2n) is 6.17. The van der Waals surface area contributed by atoms with Gasteiger partial charge in [0.1, 0.15) is 18.5 Å². The van der Waals surface area contributed by atoms with Crippen LogP contribution < -0.4 is 10.5 Å². The van der Waals surface area contributed by atoms with E-state index in [0.29, 0.717) is 6.54 Å². The van der Waals surface area contributed by atoms with Crippen LogP contribution in [-0.2, 0) is 4.79 Å². The first-order valence-corrected chi connectivity index (χ1v) is 7.81. The molecule has 1 aromatic carbocycles. The lowest BCUT2D eigenvalue weighted by molar-refractivity contribution is -0.122. The van der Waals surface area contributed by atoms with Gasteiger partial charge in [-0.25, -0.2) is 0 Å². The summed E-state index contributed by atoms with van der Waals surface area (Å²) in [5.41, 5.74) is 8.72. The van der Waals surface area contributed by atoms with Crippen LogP contribution in [0.2, 0.25) is 0 Å². The number of aryl methyl sites for hydroxylation is 2. The Labute approximate surface area is 132 Å². The van der Waals surface area contributed by atoms with Crippen LogP contribution in [0.4, 0.5) is 0 Å². The molecule has 22 heavy (non-hydrogen) atoms. The zero-order valence-electron chi connectivity index (χ0n) is 13.6. The number of rotatable bonds is 6. The average Bonchev–Trinajstić information content (AvgIpc) is 2.91. The standard InChI is InChI=1S/C17H26N2O3/c1-11-6-7-12(2)16(13(11)3)22-10-14(20)9-19-8-4-5-15(19)17(18)21/h6-7,14-15,20H,4-5,8-10H2,1-3H3,(H2,18,21)/t14-,15-/m0/s1. The molecule has 1 saturated heterocycles. The molecule has 0 bridgehead atoms. The fraction of sp³-hybridized carbons (Fsp3) is 0.588. The number of ether oxygens (including phenoxy) is 1. The molecule has 1 amide bonds. The fourth-order valence-electron chi connectivity index (χ4n) is 3.02. The van der Waals surface area contributed by atoms with Gasteiger partial charge in [0.2, 0.25) is 5.91 Å². The number of β-amino-alcohol motifs (C(OH)–C–C–N with tert-alkyl or cyclic N) is 1. The summed E-state index contributed by atoms with van der Waals surface area (Å²) in [6.07, 6.45) is 1.08. The minimum atomic E-state index is -0.640. The Morgan fingerprint density at radius 2 is 2.09 bits per heavy atom. The van der Waals surface area contributed by atoms with Gasteiger partial charge in [0.25, 0.3) is 0 Å². The van der Waals surface area contributed by atoms with E-state index >= 15 is 0 Å². The highest BCUT2D eigenvalue weighted by atomic mass is 16.5. The first-order valence-electron chi connectivity index (χ1n) is 7.81. The van der Waals surface area contributed by atoms with Crippen LogP contribution in [0.25, 0.3) is 0 Å². The molecule has 2 atom stereocenters. The van der Waals surface area contributed by atoms with Crippen molar-refractivity contribution in [2.75, 3.05) is 19.7 Å². The van der Waals surface area contributed by atoms with E-state index in [9.17, 15) is 9.90 Å². The second-order valence-corrected chi connectivity index (χ2v) is 6.17. The molecule has 1 fully saturated rings. The van der Waals surface area contributed by atoms with E-state index in [-0.39, 0.29) is 18.6 Å². The van der Waals surface area contributed by atoms with Crippen LogP contribution in [-0.4, -0.2) is 47.8 Å². The Kier molecular flexibility index (Phi) is 5.42. The molecule has 1 aliphatic rings. The summed E-state index contributed by atoms with van der Waals surface area (Å²) in [6.45, 7) is 7.49. The number of aliphatic hydroxyl groups excluding tert-OH is 1. The number of benzene rings is 1. The predicted molar refractivity (Wildman–Crippen MR) is 85.9 cm³/mol. The molecular formula is C17H26N2O3. The smallest absolute Gasteiger partial charge is 0.234 e. The lowest BCUT2D eigenvalue weighted by Crippen LogP contribution is -2.44. The molecule has 3 N–H and O–H groups in total. The zero-order chi connectivity index (χ0) is 16.3. The van der Waals surface area contributed by atoms with E-state index in [4.69, 9.17) is 10.5 Å². The van der Waals surface area contributed by atoms with Gasteiger partial charge in [-0.2, -0.15) is 0 Å². The van der Waals surface area contributed by atoms with Crippen molar-refractivity contribution < 1.29 is 14.6 Å². The van der Waals surface area contributed by atoms with Gasteiger partial charge < -0.3 is 15.6 Å². The number of hydrogen-bond acceptors (Lipinski definition) is 4. The number of primary amides is 1. The number of carbonyl (C=O) groups is 1. The van der Waals surface area contributed by atoms with Crippen molar-refractivity contribution >= 4 is 5.91 Å². The summed E-state index contributed by atoms with van der Waals surface area (Å²) < 4.78 is 5.82. The van der Waals surface area contributed by atoms with Gasteiger partial charge in [0, 0.05) is 6.54 Å². The Balaban J connectivity index is 1.92. The summed E-state index contributed by atoms with van der Waals surface area (Å²) in [4.78, 5) is 13.3. The van der Waals surface area contributed by atoms with Crippen molar-refractivity contribution in [3.05, 3.63) is 28.8 Å². The van der Waals surface area contributed by atoms with E-state index in [2.05, 4.69) is 6.07 Å². The highest BCUT2D eigenvalue weighted by Gasteiger charge is 2.30. The van der Waals surface area contributed by atoms with E-state index in [1.807, 2.05) is 31.7 Å². The third kappa shape index (κ3) is 3.78. The van der Waals surface area contributed by atoms with Crippen LogP contribution in [0, 0.1) is 20.8 Å². The predicted octanol–water partition coefficient (Wildman–Crippen LogP) is 1.30. The Hall–Kier alpha value is -1.59. The van der Waals surface area contributed by atoms with Gasteiger partial charge in [0.15, 0.2) is 0 Å². The summed E-state index contributed by atoms with van der Waals surface area (Å²) in [6, 6.07) is 3.83. The van der Waals surface area contributed by atoms with Crippen molar-refractivity contribution in [2.45, 2.75) is 45.8 Å². The molecule has 1 aliphatic heterocycles. The minimum Gasteiger partial charge on any atom is -0.490 e. The van der Waals surface area contributed by atoms with Crippen molar-refractivity contribution in [1.82, 2.24) is 4.90 Å². The zero-order valence-corrected chi connectivity index (χ0v) is 13.6. The lowest BCUT2D eigenvalue weighted by atomic mass is 10.1. The summed E-state index contributed by atoms with van der Waals surface area (Å²) in [5.74, 6) is 0.530. The summed E-state index contributed by atoms with van der Waals surface area (Å²) in [5, 5.41) is 10.2. The largest absolute Gasteiger partial charge is 0.490 e. The third-order valence-corrected chi connectivity index (χ3v) is 4.43. The first-order chi connectivity index (χ1) is 10.4. The Morgan fingerprint density at radius 3 is 2.77 bits per heavy atom. The molecular weight excluding hydrogens is 280 g/mol. The molecule has 1 heterocycles. The van der Waals surface area contributed by atoms with E-state index in [1.54, 1.807) is 0 Å². The van der Waals surface area contributed by atoms with E-state index in [0.717, 1.165) is 36.3 Å². The molecule has 0 aliphatic carbocycles. The second kappa shape index (κ2) is 7.11. The summed E-state index contributed by atoms with van der Waals surface area (Å²) >= 11 is 0. The number of nitrogens with two attached hydrogens (primary N) is 1. The Morgan fingerprint density at radius 1 is 1.41 bits per heavy atom. The molecule has 0 saturated carbocycles. The topological polar surface area (TPSA) is 75.8 Å². The molecule has 5 nitrogen and oxygen atoms in total. The summed E-state index contributed by atoms with van der Waals surface area (Å²) in [7, 11) is 0. The number of likely N-dealkylation sites (tertiary alicyclic amines) is 1. The molecule has 0 aromatic heterocycles. The monoisotopic (exact) mass is 306 g/mol. The molecule has 1 aromatic rings. The molecule has 122 valence electrons. The quantitative estimate of drug-likeness (QED) is 0.830. The van der Waals surface area contributed by atoms with Gasteiger partial charge >= 0.3 is 0 Å². The van der Waals surface area contributed by atoms with Gasteiger partial charge in [-0.1, -0.05) is 12.1 Å². The SMILES string of the molecule is Cc1ccc(C)c(OC[C@@H](O)CN2CCC[C@H]2C(N)=O)c1C. The Bertz CT molecular complexity index is 545. The highest BCUT2D eigenvalue weighted by molar-refractivity contribution is 5.80. The van der Waals surface area contributed by atoms with Gasteiger partial charge in [-0.15, -0.1) is 0 Å². The van der Waals surface area contributed by atoms with Crippen LogP contribution in [0.3, 0.4) is 0 Å². The lowest BCUT2D eigenvalue weighted by Gasteiger charge is -2.25. The average molecular weight is 306 g/mol. The van der Waals surface area contributed by atoms with Crippen molar-refractivity contribution in [3.8, 4) is 5.75 Å². The molecule has 0 spiro atoms. The van der Waals surface area contributed by atoms with Gasteiger partial charge in [-0.05, 0) is 56.8 Å². The number of hydrogen-bond donors (Lipinski definition) is 2. The maximum absolute atomic E-state index is 11.4. The maximum atomic E-state index is 11.4. The van der Waals surface area contributed by atoms with Crippen LogP contribution in [0.5, 0.6) is 5.75 Å².